The average molecular weight is 326 g/mol. The summed E-state index contributed by atoms with van der Waals surface area (Å²) in [5, 5.41) is 0. The molecule has 1 amide bonds. The van der Waals surface area contributed by atoms with E-state index in [0.29, 0.717) is 6.54 Å². The molecule has 122 valence electrons. The Balaban J connectivity index is 2.11. The molecule has 0 unspecified atom stereocenters. The Kier molecular flexibility index (Phi) is 5.08. The summed E-state index contributed by atoms with van der Waals surface area (Å²) in [5.74, 6) is 0.614. The summed E-state index contributed by atoms with van der Waals surface area (Å²) >= 11 is 0. The van der Waals surface area contributed by atoms with Gasteiger partial charge in [-0.2, -0.15) is 4.31 Å². The number of benzene rings is 1. The SMILES string of the molecule is COc1ccc([C@H]2CCCN2C(=O)CN(C)S(C)(=O)=O)cc1. The van der Waals surface area contributed by atoms with E-state index in [4.69, 9.17) is 4.74 Å². The highest BCUT2D eigenvalue weighted by Gasteiger charge is 2.31. The third-order valence-corrected chi connectivity index (χ3v) is 5.26. The first-order chi connectivity index (χ1) is 10.3. The lowest BCUT2D eigenvalue weighted by molar-refractivity contribution is -0.132. The van der Waals surface area contributed by atoms with Crippen LogP contribution in [0.3, 0.4) is 0 Å². The Labute approximate surface area is 131 Å². The molecule has 1 aliphatic rings. The molecule has 2 rings (SSSR count). The Morgan fingerprint density at radius 3 is 2.55 bits per heavy atom. The second-order valence-electron chi connectivity index (χ2n) is 5.54. The van der Waals surface area contributed by atoms with Crippen LogP contribution in [0, 0.1) is 0 Å². The molecular weight excluding hydrogens is 304 g/mol. The van der Waals surface area contributed by atoms with Gasteiger partial charge >= 0.3 is 0 Å². The first-order valence-electron chi connectivity index (χ1n) is 7.17. The molecule has 1 aliphatic heterocycles. The summed E-state index contributed by atoms with van der Waals surface area (Å²) in [6.45, 7) is 0.540. The van der Waals surface area contributed by atoms with E-state index < -0.39 is 10.0 Å². The van der Waals surface area contributed by atoms with E-state index in [1.165, 1.54) is 7.05 Å². The topological polar surface area (TPSA) is 66.9 Å². The summed E-state index contributed by atoms with van der Waals surface area (Å²) in [6.07, 6.45) is 2.91. The van der Waals surface area contributed by atoms with Crippen molar-refractivity contribution in [2.75, 3.05) is 33.5 Å². The van der Waals surface area contributed by atoms with Crippen molar-refractivity contribution in [3.05, 3.63) is 29.8 Å². The molecule has 0 aromatic heterocycles. The largest absolute Gasteiger partial charge is 0.497 e. The number of sulfonamides is 1. The predicted octanol–water partition coefficient (Wildman–Crippen LogP) is 1.25. The molecule has 0 saturated carbocycles. The molecule has 1 aromatic rings. The fraction of sp³-hybridized carbons (Fsp3) is 0.533. The van der Waals surface area contributed by atoms with Crippen LogP contribution in [0.4, 0.5) is 0 Å². The van der Waals surface area contributed by atoms with Crippen LogP contribution in [0.1, 0.15) is 24.4 Å². The predicted molar refractivity (Wildman–Crippen MR) is 84.2 cm³/mol. The van der Waals surface area contributed by atoms with E-state index in [2.05, 4.69) is 0 Å². The number of hydrogen-bond acceptors (Lipinski definition) is 4. The molecule has 1 heterocycles. The second kappa shape index (κ2) is 6.66. The standard InChI is InChI=1S/C15H22N2O4S/c1-16(22(3,19)20)11-15(18)17-10-4-5-14(17)12-6-8-13(21-2)9-7-12/h6-9,14H,4-5,10-11H2,1-3H3/t14-/m1/s1. The zero-order chi connectivity index (χ0) is 16.3. The van der Waals surface area contributed by atoms with Gasteiger partial charge in [-0.3, -0.25) is 4.79 Å². The number of hydrogen-bond donors (Lipinski definition) is 0. The molecule has 22 heavy (non-hydrogen) atoms. The lowest BCUT2D eigenvalue weighted by Gasteiger charge is -2.27. The number of rotatable bonds is 5. The number of ether oxygens (including phenoxy) is 1. The Morgan fingerprint density at radius 1 is 1.36 bits per heavy atom. The van der Waals surface area contributed by atoms with E-state index >= 15 is 0 Å². The van der Waals surface area contributed by atoms with Crippen molar-refractivity contribution < 1.29 is 17.9 Å². The van der Waals surface area contributed by atoms with Crippen LogP contribution in [0.2, 0.25) is 0 Å². The molecule has 0 radical (unpaired) electrons. The maximum atomic E-state index is 12.4. The van der Waals surface area contributed by atoms with Gasteiger partial charge in [0.25, 0.3) is 0 Å². The van der Waals surface area contributed by atoms with E-state index in [9.17, 15) is 13.2 Å². The van der Waals surface area contributed by atoms with E-state index in [1.807, 2.05) is 24.3 Å². The zero-order valence-electron chi connectivity index (χ0n) is 13.2. The van der Waals surface area contributed by atoms with Crippen LogP contribution in [0.15, 0.2) is 24.3 Å². The van der Waals surface area contributed by atoms with Crippen molar-refractivity contribution >= 4 is 15.9 Å². The Hall–Kier alpha value is -1.60. The fourth-order valence-electron chi connectivity index (χ4n) is 2.64. The zero-order valence-corrected chi connectivity index (χ0v) is 14.0. The highest BCUT2D eigenvalue weighted by atomic mass is 32.2. The van der Waals surface area contributed by atoms with Gasteiger partial charge in [0, 0.05) is 13.6 Å². The first kappa shape index (κ1) is 16.8. The van der Waals surface area contributed by atoms with Gasteiger partial charge in [0.1, 0.15) is 5.75 Å². The molecule has 7 heteroatoms. The number of likely N-dealkylation sites (N-methyl/N-ethyl adjacent to an activating group) is 1. The Bertz CT molecular complexity index is 627. The number of carbonyl (C=O) groups excluding carboxylic acids is 1. The summed E-state index contributed by atoms with van der Waals surface area (Å²) in [7, 11) is -0.314. The average Bonchev–Trinajstić information content (AvgIpc) is 2.95. The Morgan fingerprint density at radius 2 is 2.00 bits per heavy atom. The number of likely N-dealkylation sites (tertiary alicyclic amines) is 1. The molecule has 1 atom stereocenters. The molecule has 0 bridgehead atoms. The smallest absolute Gasteiger partial charge is 0.238 e. The lowest BCUT2D eigenvalue weighted by Crippen LogP contribution is -2.40. The van der Waals surface area contributed by atoms with Crippen LogP contribution < -0.4 is 4.74 Å². The minimum absolute atomic E-state index is 0.00589. The molecule has 0 N–H and O–H groups in total. The third-order valence-electron chi connectivity index (χ3n) is 4.00. The number of nitrogens with zero attached hydrogens (tertiary/aromatic N) is 2. The van der Waals surface area contributed by atoms with E-state index in [0.717, 1.165) is 34.7 Å². The highest BCUT2D eigenvalue weighted by molar-refractivity contribution is 7.88. The molecule has 1 fully saturated rings. The molecule has 0 spiro atoms. The van der Waals surface area contributed by atoms with Gasteiger partial charge in [0.15, 0.2) is 0 Å². The maximum Gasteiger partial charge on any atom is 0.238 e. The van der Waals surface area contributed by atoms with Gasteiger partial charge < -0.3 is 9.64 Å². The number of amides is 1. The monoisotopic (exact) mass is 326 g/mol. The van der Waals surface area contributed by atoms with Crippen LogP contribution in [0.25, 0.3) is 0 Å². The van der Waals surface area contributed by atoms with Crippen molar-refractivity contribution in [2.45, 2.75) is 18.9 Å². The molecule has 0 aliphatic carbocycles. The summed E-state index contributed by atoms with van der Waals surface area (Å²) < 4.78 is 29.1. The van der Waals surface area contributed by atoms with Gasteiger partial charge in [-0.25, -0.2) is 8.42 Å². The van der Waals surface area contributed by atoms with Crippen molar-refractivity contribution in [1.82, 2.24) is 9.21 Å². The summed E-state index contributed by atoms with van der Waals surface area (Å²) in [4.78, 5) is 14.2. The van der Waals surface area contributed by atoms with E-state index in [1.54, 1.807) is 12.0 Å². The van der Waals surface area contributed by atoms with Crippen molar-refractivity contribution in [2.24, 2.45) is 0 Å². The summed E-state index contributed by atoms with van der Waals surface area (Å²) in [6, 6.07) is 7.66. The van der Waals surface area contributed by atoms with E-state index in [-0.39, 0.29) is 18.5 Å². The molecule has 1 saturated heterocycles. The first-order valence-corrected chi connectivity index (χ1v) is 9.02. The van der Waals surface area contributed by atoms with Crippen LogP contribution >= 0.6 is 0 Å². The third kappa shape index (κ3) is 3.78. The van der Waals surface area contributed by atoms with Crippen molar-refractivity contribution in [3.8, 4) is 5.75 Å². The van der Waals surface area contributed by atoms with Gasteiger partial charge in [0.2, 0.25) is 15.9 Å². The lowest BCUT2D eigenvalue weighted by atomic mass is 10.0. The quantitative estimate of drug-likeness (QED) is 0.817. The van der Waals surface area contributed by atoms with Crippen molar-refractivity contribution in [1.29, 1.82) is 0 Å². The molecular formula is C15H22N2O4S. The number of carbonyl (C=O) groups is 1. The molecule has 1 aromatic carbocycles. The van der Waals surface area contributed by atoms with Gasteiger partial charge in [-0.1, -0.05) is 12.1 Å². The van der Waals surface area contributed by atoms with Crippen LogP contribution in [-0.2, 0) is 14.8 Å². The van der Waals surface area contributed by atoms with Gasteiger partial charge in [-0.05, 0) is 30.5 Å². The normalized spacial score (nSPS) is 18.7. The highest BCUT2D eigenvalue weighted by Crippen LogP contribution is 2.32. The number of methoxy groups -OCH3 is 1. The fourth-order valence-corrected chi connectivity index (χ4v) is 2.98. The molecule has 6 nitrogen and oxygen atoms in total. The van der Waals surface area contributed by atoms with Gasteiger partial charge in [0.05, 0.1) is 26.0 Å². The summed E-state index contributed by atoms with van der Waals surface area (Å²) in [5.41, 5.74) is 1.05. The van der Waals surface area contributed by atoms with Crippen LogP contribution in [0.5, 0.6) is 5.75 Å². The minimum atomic E-state index is -3.35. The van der Waals surface area contributed by atoms with Crippen molar-refractivity contribution in [3.63, 3.8) is 0 Å². The minimum Gasteiger partial charge on any atom is -0.497 e. The van der Waals surface area contributed by atoms with Gasteiger partial charge in [-0.15, -0.1) is 0 Å². The van der Waals surface area contributed by atoms with Crippen LogP contribution in [-0.4, -0.2) is 57.0 Å². The maximum absolute atomic E-state index is 12.4. The second-order valence-corrected chi connectivity index (χ2v) is 7.63.